The number of halogens is 1. The highest BCUT2D eigenvalue weighted by Crippen LogP contribution is 2.41. The molecule has 3 saturated heterocycles. The average Bonchev–Trinajstić information content (AvgIpc) is 3.21. The summed E-state index contributed by atoms with van der Waals surface area (Å²) in [5.41, 5.74) is 0.838. The number of aliphatic imine (C=N–C) groups is 1. The van der Waals surface area contributed by atoms with Crippen molar-refractivity contribution in [2.75, 3.05) is 23.0 Å². The van der Waals surface area contributed by atoms with Crippen molar-refractivity contribution in [3.8, 4) is 0 Å². The Kier molecular flexibility index (Phi) is 4.68. The zero-order valence-corrected chi connectivity index (χ0v) is 16.5. The molecule has 1 amide bonds. The number of carbonyl (C=O) groups excluding carboxylic acids is 1. The van der Waals surface area contributed by atoms with Crippen molar-refractivity contribution < 1.29 is 17.9 Å². The van der Waals surface area contributed by atoms with Gasteiger partial charge in [-0.05, 0) is 31.0 Å². The van der Waals surface area contributed by atoms with E-state index in [0.29, 0.717) is 18.2 Å². The van der Waals surface area contributed by atoms with Crippen LogP contribution in [0, 0.1) is 0 Å². The summed E-state index contributed by atoms with van der Waals surface area (Å²) in [6.45, 7) is 0.591. The standard InChI is InChI=1S/C16H17BrN2O4S2/c17-10-3-1-4-11(7-10)19-12-8-25(21,22)9-14(12)24-16(19)18-15(20)13-5-2-6-23-13/h1,3-4,7,12-14H,2,5-6,8-9H2/t12-,13+,14-/m1/s1. The number of benzene rings is 1. The van der Waals surface area contributed by atoms with Crippen LogP contribution in [0.25, 0.3) is 0 Å². The van der Waals surface area contributed by atoms with Crippen molar-refractivity contribution in [1.29, 1.82) is 0 Å². The van der Waals surface area contributed by atoms with E-state index in [0.717, 1.165) is 16.6 Å². The first kappa shape index (κ1) is 17.5. The Bertz CT molecular complexity index is 836. The molecule has 0 saturated carbocycles. The lowest BCUT2D eigenvalue weighted by Crippen LogP contribution is -2.38. The maximum absolute atomic E-state index is 12.4. The smallest absolute Gasteiger partial charge is 0.277 e. The molecule has 0 N–H and O–H groups in total. The van der Waals surface area contributed by atoms with Crippen LogP contribution in [0.5, 0.6) is 0 Å². The maximum atomic E-state index is 12.4. The third-order valence-electron chi connectivity index (χ3n) is 4.56. The third kappa shape index (κ3) is 3.51. The van der Waals surface area contributed by atoms with E-state index in [2.05, 4.69) is 20.9 Å². The maximum Gasteiger partial charge on any atom is 0.277 e. The summed E-state index contributed by atoms with van der Waals surface area (Å²) in [4.78, 5) is 18.6. The number of nitrogens with zero attached hydrogens (tertiary/aromatic N) is 2. The molecule has 0 aromatic heterocycles. The summed E-state index contributed by atoms with van der Waals surface area (Å²) in [6, 6.07) is 7.43. The number of ether oxygens (including phenoxy) is 1. The van der Waals surface area contributed by atoms with Gasteiger partial charge in [0.05, 0.1) is 17.5 Å². The van der Waals surface area contributed by atoms with Crippen molar-refractivity contribution in [2.24, 2.45) is 4.99 Å². The molecule has 25 heavy (non-hydrogen) atoms. The van der Waals surface area contributed by atoms with Crippen molar-refractivity contribution in [3.05, 3.63) is 28.7 Å². The van der Waals surface area contributed by atoms with Gasteiger partial charge in [-0.25, -0.2) is 8.42 Å². The van der Waals surface area contributed by atoms with E-state index < -0.39 is 15.9 Å². The Labute approximate surface area is 159 Å². The Morgan fingerprint density at radius 1 is 1.36 bits per heavy atom. The first-order valence-electron chi connectivity index (χ1n) is 8.09. The Balaban J connectivity index is 1.69. The third-order valence-corrected chi connectivity index (χ3v) is 8.27. The highest BCUT2D eigenvalue weighted by molar-refractivity contribution is 9.10. The molecule has 1 aromatic carbocycles. The summed E-state index contributed by atoms with van der Waals surface area (Å²) in [5, 5.41) is 0.475. The number of carbonyl (C=O) groups is 1. The number of amidine groups is 1. The van der Waals surface area contributed by atoms with Gasteiger partial charge in [-0.2, -0.15) is 4.99 Å². The van der Waals surface area contributed by atoms with Crippen molar-refractivity contribution in [3.63, 3.8) is 0 Å². The molecule has 0 bridgehead atoms. The first-order chi connectivity index (χ1) is 11.9. The summed E-state index contributed by atoms with van der Waals surface area (Å²) in [5.74, 6) is -0.0626. The van der Waals surface area contributed by atoms with Crippen molar-refractivity contribution >= 4 is 54.3 Å². The van der Waals surface area contributed by atoms with Gasteiger partial charge >= 0.3 is 0 Å². The SMILES string of the molecule is O=C(N=C1S[C@@H]2CS(=O)(=O)C[C@H]2N1c1cccc(Br)c1)[C@@H]1CCCO1. The fourth-order valence-electron chi connectivity index (χ4n) is 3.43. The predicted molar refractivity (Wildman–Crippen MR) is 102 cm³/mol. The van der Waals surface area contributed by atoms with Gasteiger partial charge in [0, 0.05) is 22.0 Å². The van der Waals surface area contributed by atoms with Crippen LogP contribution in [-0.4, -0.2) is 55.0 Å². The van der Waals surface area contributed by atoms with Gasteiger partial charge in [-0.3, -0.25) is 4.79 Å². The van der Waals surface area contributed by atoms with E-state index in [-0.39, 0.29) is 28.7 Å². The van der Waals surface area contributed by atoms with Crippen LogP contribution in [0.15, 0.2) is 33.7 Å². The molecule has 0 spiro atoms. The summed E-state index contributed by atoms with van der Waals surface area (Å²) in [6.07, 6.45) is 1.09. The normalized spacial score (nSPS) is 32.3. The minimum atomic E-state index is -3.06. The van der Waals surface area contributed by atoms with Crippen LogP contribution >= 0.6 is 27.7 Å². The van der Waals surface area contributed by atoms with Gasteiger partial charge in [-0.15, -0.1) is 0 Å². The Morgan fingerprint density at radius 2 is 2.20 bits per heavy atom. The van der Waals surface area contributed by atoms with E-state index in [1.54, 1.807) is 0 Å². The van der Waals surface area contributed by atoms with Crippen LogP contribution in [0.3, 0.4) is 0 Å². The van der Waals surface area contributed by atoms with Crippen LogP contribution in [-0.2, 0) is 19.4 Å². The van der Waals surface area contributed by atoms with E-state index in [9.17, 15) is 13.2 Å². The fourth-order valence-corrected chi connectivity index (χ4v) is 7.74. The number of thioether (sulfide) groups is 1. The predicted octanol–water partition coefficient (Wildman–Crippen LogP) is 2.23. The van der Waals surface area contributed by atoms with Crippen LogP contribution in [0.4, 0.5) is 5.69 Å². The zero-order chi connectivity index (χ0) is 17.6. The molecule has 3 fully saturated rings. The molecule has 0 aliphatic carbocycles. The lowest BCUT2D eigenvalue weighted by atomic mass is 10.2. The second-order valence-corrected chi connectivity index (χ2v) is 10.7. The van der Waals surface area contributed by atoms with Crippen LogP contribution in [0.1, 0.15) is 12.8 Å². The quantitative estimate of drug-likeness (QED) is 0.695. The van der Waals surface area contributed by atoms with E-state index in [1.807, 2.05) is 29.2 Å². The molecule has 4 rings (SSSR count). The topological polar surface area (TPSA) is 76.0 Å². The largest absolute Gasteiger partial charge is 0.368 e. The molecule has 3 aliphatic heterocycles. The monoisotopic (exact) mass is 444 g/mol. The van der Waals surface area contributed by atoms with Gasteiger partial charge in [0.15, 0.2) is 15.0 Å². The molecular weight excluding hydrogens is 428 g/mol. The lowest BCUT2D eigenvalue weighted by molar-refractivity contribution is -0.126. The minimum Gasteiger partial charge on any atom is -0.368 e. The van der Waals surface area contributed by atoms with E-state index >= 15 is 0 Å². The first-order valence-corrected chi connectivity index (χ1v) is 11.6. The molecule has 3 aliphatic rings. The van der Waals surface area contributed by atoms with Crippen molar-refractivity contribution in [1.82, 2.24) is 0 Å². The van der Waals surface area contributed by atoms with Gasteiger partial charge in [0.1, 0.15) is 6.10 Å². The number of amides is 1. The van der Waals surface area contributed by atoms with E-state index in [4.69, 9.17) is 4.74 Å². The number of sulfone groups is 1. The second-order valence-electron chi connectivity index (χ2n) is 6.38. The summed E-state index contributed by atoms with van der Waals surface area (Å²) >= 11 is 4.83. The summed E-state index contributed by atoms with van der Waals surface area (Å²) < 4.78 is 30.4. The minimum absolute atomic E-state index is 0.0876. The number of rotatable bonds is 2. The molecule has 3 heterocycles. The molecular formula is C16H17BrN2O4S2. The lowest BCUT2D eigenvalue weighted by Gasteiger charge is -2.24. The Morgan fingerprint density at radius 3 is 2.92 bits per heavy atom. The van der Waals surface area contributed by atoms with Crippen molar-refractivity contribution in [2.45, 2.75) is 30.2 Å². The van der Waals surface area contributed by atoms with Gasteiger partial charge in [-0.1, -0.05) is 33.8 Å². The molecule has 1 aromatic rings. The van der Waals surface area contributed by atoms with Gasteiger partial charge < -0.3 is 9.64 Å². The molecule has 3 atom stereocenters. The molecule has 6 nitrogen and oxygen atoms in total. The fraction of sp³-hybridized carbons (Fsp3) is 0.500. The number of anilines is 1. The zero-order valence-electron chi connectivity index (χ0n) is 13.3. The molecule has 9 heteroatoms. The van der Waals surface area contributed by atoms with Crippen LogP contribution < -0.4 is 4.90 Å². The van der Waals surface area contributed by atoms with Gasteiger partial charge in [0.25, 0.3) is 5.91 Å². The number of hydrogen-bond acceptors (Lipinski definition) is 5. The molecule has 134 valence electrons. The van der Waals surface area contributed by atoms with E-state index in [1.165, 1.54) is 11.8 Å². The highest BCUT2D eigenvalue weighted by Gasteiger charge is 2.49. The number of hydrogen-bond donors (Lipinski definition) is 0. The number of fused-ring (bicyclic) bond motifs is 1. The van der Waals surface area contributed by atoms with Gasteiger partial charge in [0.2, 0.25) is 0 Å². The Hall–Kier alpha value is -0.900. The van der Waals surface area contributed by atoms with Crippen LogP contribution in [0.2, 0.25) is 0 Å². The second kappa shape index (κ2) is 6.68. The molecule has 0 radical (unpaired) electrons. The average molecular weight is 445 g/mol. The molecule has 0 unspecified atom stereocenters. The highest BCUT2D eigenvalue weighted by atomic mass is 79.9. The summed E-state index contributed by atoms with van der Waals surface area (Å²) in [7, 11) is -3.06.